The van der Waals surface area contributed by atoms with Gasteiger partial charge in [0, 0.05) is 13.1 Å². The number of aliphatic hydroxyl groups excluding tert-OH is 2. The third kappa shape index (κ3) is 2.85. The zero-order chi connectivity index (χ0) is 15.8. The van der Waals surface area contributed by atoms with Crippen molar-refractivity contribution in [3.05, 3.63) is 11.6 Å². The molecule has 0 spiro atoms. The Bertz CT molecular complexity index is 424. The maximum Gasteiger partial charge on any atom is 0.341 e. The predicted octanol–water partition coefficient (Wildman–Crippen LogP) is -0.327. The molecule has 3 unspecified atom stereocenters. The summed E-state index contributed by atoms with van der Waals surface area (Å²) in [5, 5.41) is 30.0. The number of rotatable bonds is 5. The van der Waals surface area contributed by atoms with Crippen LogP contribution in [0.1, 0.15) is 27.2 Å². The van der Waals surface area contributed by atoms with Crippen molar-refractivity contribution < 1.29 is 24.9 Å². The Morgan fingerprint density at radius 2 is 2.19 bits per heavy atom. The third-order valence-electron chi connectivity index (χ3n) is 4.65. The van der Waals surface area contributed by atoms with Crippen molar-refractivity contribution in [1.29, 1.82) is 0 Å². The van der Waals surface area contributed by atoms with Gasteiger partial charge in [-0.2, -0.15) is 0 Å². The fourth-order valence-electron chi connectivity index (χ4n) is 3.18. The molecule has 6 heteroatoms. The molecule has 1 fully saturated rings. The SMILES string of the molecule is CC(C)[C@@](O)(C(=O)OCC1=CCN2CCC(O)C12)C(C)O. The van der Waals surface area contributed by atoms with Crippen LogP contribution < -0.4 is 0 Å². The quantitative estimate of drug-likeness (QED) is 0.476. The van der Waals surface area contributed by atoms with Crippen LogP contribution in [0.3, 0.4) is 0 Å². The van der Waals surface area contributed by atoms with Gasteiger partial charge >= 0.3 is 5.97 Å². The lowest BCUT2D eigenvalue weighted by Gasteiger charge is -2.32. The molecule has 1 saturated heterocycles. The summed E-state index contributed by atoms with van der Waals surface area (Å²) in [6.07, 6.45) is 1.03. The lowest BCUT2D eigenvalue weighted by Crippen LogP contribution is -2.53. The summed E-state index contributed by atoms with van der Waals surface area (Å²) in [7, 11) is 0. The number of fused-ring (bicyclic) bond motifs is 1. The second-order valence-electron chi connectivity index (χ2n) is 6.31. The van der Waals surface area contributed by atoms with E-state index in [4.69, 9.17) is 4.74 Å². The molecule has 2 rings (SSSR count). The van der Waals surface area contributed by atoms with Gasteiger partial charge < -0.3 is 20.1 Å². The molecule has 4 atom stereocenters. The standard InChI is InChI=1S/C15H25NO5/c1-9(2)15(20,10(3)17)14(19)21-8-11-4-6-16-7-5-12(18)13(11)16/h4,9-10,12-13,17-18,20H,5-8H2,1-3H3/t10?,12?,13?,15-/m0/s1. The Morgan fingerprint density at radius 3 is 2.76 bits per heavy atom. The number of ether oxygens (including phenoxy) is 1. The molecular weight excluding hydrogens is 274 g/mol. The second-order valence-corrected chi connectivity index (χ2v) is 6.31. The number of hydrogen-bond donors (Lipinski definition) is 3. The fraction of sp³-hybridized carbons (Fsp3) is 0.800. The summed E-state index contributed by atoms with van der Waals surface area (Å²) < 4.78 is 5.22. The minimum Gasteiger partial charge on any atom is -0.459 e. The number of carbonyl (C=O) groups excluding carboxylic acids is 1. The minimum absolute atomic E-state index is 0.0405. The van der Waals surface area contributed by atoms with Crippen LogP contribution in [0.15, 0.2) is 11.6 Å². The molecule has 0 bridgehead atoms. The molecule has 0 radical (unpaired) electrons. The lowest BCUT2D eigenvalue weighted by molar-refractivity contribution is -0.183. The van der Waals surface area contributed by atoms with Crippen molar-refractivity contribution >= 4 is 5.97 Å². The summed E-state index contributed by atoms with van der Waals surface area (Å²) in [6.45, 7) is 6.32. The molecule has 6 nitrogen and oxygen atoms in total. The monoisotopic (exact) mass is 299 g/mol. The van der Waals surface area contributed by atoms with E-state index in [1.807, 2.05) is 6.08 Å². The molecule has 21 heavy (non-hydrogen) atoms. The Morgan fingerprint density at radius 1 is 1.52 bits per heavy atom. The maximum atomic E-state index is 12.1. The largest absolute Gasteiger partial charge is 0.459 e. The highest BCUT2D eigenvalue weighted by Gasteiger charge is 2.46. The number of nitrogens with zero attached hydrogens (tertiary/aromatic N) is 1. The smallest absolute Gasteiger partial charge is 0.341 e. The van der Waals surface area contributed by atoms with Crippen molar-refractivity contribution in [3.63, 3.8) is 0 Å². The first-order valence-electron chi connectivity index (χ1n) is 7.47. The van der Waals surface area contributed by atoms with Gasteiger partial charge in [-0.15, -0.1) is 0 Å². The average molecular weight is 299 g/mol. The molecular formula is C15H25NO5. The van der Waals surface area contributed by atoms with Crippen molar-refractivity contribution in [3.8, 4) is 0 Å². The molecule has 0 aromatic rings. The number of carbonyl (C=O) groups is 1. The van der Waals surface area contributed by atoms with E-state index in [1.54, 1.807) is 13.8 Å². The van der Waals surface area contributed by atoms with E-state index in [1.165, 1.54) is 6.92 Å². The molecule has 2 heterocycles. The Labute approximate surface area is 125 Å². The van der Waals surface area contributed by atoms with E-state index >= 15 is 0 Å². The zero-order valence-electron chi connectivity index (χ0n) is 12.8. The van der Waals surface area contributed by atoms with Gasteiger partial charge in [0.15, 0.2) is 5.60 Å². The Balaban J connectivity index is 1.98. The van der Waals surface area contributed by atoms with Crippen molar-refractivity contribution in [1.82, 2.24) is 4.90 Å². The van der Waals surface area contributed by atoms with Gasteiger partial charge in [-0.05, 0) is 24.8 Å². The van der Waals surface area contributed by atoms with Crippen LogP contribution in [-0.4, -0.2) is 69.7 Å². The van der Waals surface area contributed by atoms with E-state index < -0.39 is 29.7 Å². The molecule has 2 aliphatic rings. The van der Waals surface area contributed by atoms with E-state index in [-0.39, 0.29) is 12.6 Å². The Hall–Kier alpha value is -0.950. The normalized spacial score (nSPS) is 30.0. The highest BCUT2D eigenvalue weighted by Crippen LogP contribution is 2.30. The van der Waals surface area contributed by atoms with Crippen LogP contribution in [0, 0.1) is 5.92 Å². The first-order chi connectivity index (χ1) is 9.78. The first-order valence-corrected chi connectivity index (χ1v) is 7.47. The molecule has 2 aliphatic heterocycles. The van der Waals surface area contributed by atoms with Gasteiger partial charge in [0.1, 0.15) is 6.61 Å². The van der Waals surface area contributed by atoms with Crippen LogP contribution in [0.2, 0.25) is 0 Å². The highest BCUT2D eigenvalue weighted by atomic mass is 16.6. The fourth-order valence-corrected chi connectivity index (χ4v) is 3.18. The van der Waals surface area contributed by atoms with Crippen molar-refractivity contribution in [2.24, 2.45) is 5.92 Å². The van der Waals surface area contributed by atoms with Gasteiger partial charge in [-0.25, -0.2) is 4.79 Å². The van der Waals surface area contributed by atoms with Gasteiger partial charge in [-0.3, -0.25) is 4.90 Å². The summed E-state index contributed by atoms with van der Waals surface area (Å²) >= 11 is 0. The molecule has 120 valence electrons. The summed E-state index contributed by atoms with van der Waals surface area (Å²) in [5.74, 6) is -1.28. The molecule has 0 saturated carbocycles. The topological polar surface area (TPSA) is 90.2 Å². The van der Waals surface area contributed by atoms with Crippen LogP contribution in [0.5, 0.6) is 0 Å². The molecule has 3 N–H and O–H groups in total. The van der Waals surface area contributed by atoms with Crippen molar-refractivity contribution in [2.75, 3.05) is 19.7 Å². The predicted molar refractivity (Wildman–Crippen MR) is 76.5 cm³/mol. The van der Waals surface area contributed by atoms with E-state index in [0.717, 1.165) is 25.1 Å². The second kappa shape index (κ2) is 6.04. The van der Waals surface area contributed by atoms with E-state index in [2.05, 4.69) is 4.90 Å². The van der Waals surface area contributed by atoms with Gasteiger partial charge in [0.25, 0.3) is 0 Å². The first kappa shape index (κ1) is 16.4. The van der Waals surface area contributed by atoms with Crippen molar-refractivity contribution in [2.45, 2.75) is 51.0 Å². The molecule has 0 aromatic heterocycles. The lowest BCUT2D eigenvalue weighted by atomic mass is 9.85. The molecule has 0 aliphatic carbocycles. The van der Waals surface area contributed by atoms with E-state index in [0.29, 0.717) is 0 Å². The Kier molecular flexibility index (Phi) is 4.72. The van der Waals surface area contributed by atoms with Crippen LogP contribution in [0.25, 0.3) is 0 Å². The van der Waals surface area contributed by atoms with Crippen LogP contribution in [0.4, 0.5) is 0 Å². The molecule has 0 aromatic carbocycles. The van der Waals surface area contributed by atoms with Crippen LogP contribution >= 0.6 is 0 Å². The minimum atomic E-state index is -1.91. The van der Waals surface area contributed by atoms with Gasteiger partial charge in [0.2, 0.25) is 0 Å². The average Bonchev–Trinajstić information content (AvgIpc) is 2.98. The zero-order valence-corrected chi connectivity index (χ0v) is 12.8. The maximum absolute atomic E-state index is 12.1. The summed E-state index contributed by atoms with van der Waals surface area (Å²) in [4.78, 5) is 14.3. The van der Waals surface area contributed by atoms with Gasteiger partial charge in [-0.1, -0.05) is 19.9 Å². The number of hydrogen-bond acceptors (Lipinski definition) is 6. The number of aliphatic hydroxyl groups is 3. The molecule has 0 amide bonds. The third-order valence-corrected chi connectivity index (χ3v) is 4.65. The summed E-state index contributed by atoms with van der Waals surface area (Å²) in [5.41, 5.74) is -1.04. The number of esters is 1. The summed E-state index contributed by atoms with van der Waals surface area (Å²) in [6, 6.07) is -0.0866. The van der Waals surface area contributed by atoms with E-state index in [9.17, 15) is 20.1 Å². The highest BCUT2D eigenvalue weighted by molar-refractivity contribution is 5.80. The van der Waals surface area contributed by atoms with Gasteiger partial charge in [0.05, 0.1) is 18.2 Å². The van der Waals surface area contributed by atoms with Crippen LogP contribution in [-0.2, 0) is 9.53 Å².